The Bertz CT molecular complexity index is 549. The van der Waals surface area contributed by atoms with Gasteiger partial charge in [-0.1, -0.05) is 18.2 Å². The highest BCUT2D eigenvalue weighted by molar-refractivity contribution is 5.46. The minimum Gasteiger partial charge on any atom is -0.383 e. The summed E-state index contributed by atoms with van der Waals surface area (Å²) in [6, 6.07) is 8.66. The van der Waals surface area contributed by atoms with Crippen LogP contribution in [-0.2, 0) is 6.42 Å². The van der Waals surface area contributed by atoms with Crippen LogP contribution >= 0.6 is 0 Å². The van der Waals surface area contributed by atoms with Gasteiger partial charge in [0.15, 0.2) is 0 Å². The molecule has 1 atom stereocenters. The van der Waals surface area contributed by atoms with E-state index in [4.69, 9.17) is 5.73 Å². The molecule has 0 aliphatic rings. The first kappa shape index (κ1) is 13.5. The second kappa shape index (κ2) is 5.80. The number of pyridine rings is 1. The van der Waals surface area contributed by atoms with Crippen molar-refractivity contribution in [2.45, 2.75) is 19.4 Å². The van der Waals surface area contributed by atoms with E-state index in [1.54, 1.807) is 18.3 Å². The molecule has 19 heavy (non-hydrogen) atoms. The normalized spacial score (nSPS) is 12.4. The topological polar surface area (TPSA) is 50.9 Å². The van der Waals surface area contributed by atoms with Crippen LogP contribution in [-0.4, -0.2) is 12.0 Å². The van der Waals surface area contributed by atoms with Crippen molar-refractivity contribution in [1.82, 2.24) is 10.3 Å². The lowest BCUT2D eigenvalue weighted by Gasteiger charge is -2.20. The summed E-state index contributed by atoms with van der Waals surface area (Å²) in [5.74, 6) is 0.304. The standard InChI is InChI=1S/C15H18FN3/c1-10-7-8-19-15(17)14(10)13(18-2)9-11-5-3-4-6-12(11)16/h3-8,13,18H,9H2,1-2H3,(H2,17,19). The van der Waals surface area contributed by atoms with Crippen molar-refractivity contribution in [3.05, 3.63) is 59.0 Å². The van der Waals surface area contributed by atoms with Crippen LogP contribution in [0.25, 0.3) is 0 Å². The summed E-state index contributed by atoms with van der Waals surface area (Å²) in [7, 11) is 1.84. The van der Waals surface area contributed by atoms with Crippen LogP contribution in [0, 0.1) is 12.7 Å². The van der Waals surface area contributed by atoms with E-state index in [1.165, 1.54) is 6.07 Å². The number of nitrogens with one attached hydrogen (secondary N) is 1. The van der Waals surface area contributed by atoms with Crippen molar-refractivity contribution >= 4 is 5.82 Å². The molecule has 0 saturated carbocycles. The number of likely N-dealkylation sites (N-methyl/N-ethyl adjacent to an activating group) is 1. The monoisotopic (exact) mass is 259 g/mol. The maximum Gasteiger partial charge on any atom is 0.128 e. The number of anilines is 1. The Kier molecular flexibility index (Phi) is 4.12. The maximum atomic E-state index is 13.7. The van der Waals surface area contributed by atoms with Gasteiger partial charge >= 0.3 is 0 Å². The largest absolute Gasteiger partial charge is 0.383 e. The number of rotatable bonds is 4. The molecule has 2 aromatic rings. The van der Waals surface area contributed by atoms with Gasteiger partial charge in [-0.05, 0) is 43.7 Å². The van der Waals surface area contributed by atoms with E-state index in [-0.39, 0.29) is 11.9 Å². The van der Waals surface area contributed by atoms with Gasteiger partial charge in [0, 0.05) is 17.8 Å². The molecule has 3 nitrogen and oxygen atoms in total. The first-order valence-corrected chi connectivity index (χ1v) is 6.25. The molecule has 0 aliphatic carbocycles. The molecule has 1 aromatic heterocycles. The van der Waals surface area contributed by atoms with Crippen LogP contribution in [0.1, 0.15) is 22.7 Å². The highest BCUT2D eigenvalue weighted by Crippen LogP contribution is 2.26. The summed E-state index contributed by atoms with van der Waals surface area (Å²) in [6.45, 7) is 1.99. The van der Waals surface area contributed by atoms with Crippen LogP contribution in [0.2, 0.25) is 0 Å². The van der Waals surface area contributed by atoms with E-state index in [1.807, 2.05) is 26.1 Å². The van der Waals surface area contributed by atoms with Crippen molar-refractivity contribution in [1.29, 1.82) is 0 Å². The van der Waals surface area contributed by atoms with Gasteiger partial charge in [-0.25, -0.2) is 9.37 Å². The maximum absolute atomic E-state index is 13.7. The van der Waals surface area contributed by atoms with Gasteiger partial charge in [0.1, 0.15) is 11.6 Å². The Morgan fingerprint density at radius 2 is 2.05 bits per heavy atom. The molecule has 0 saturated heterocycles. The second-order valence-electron chi connectivity index (χ2n) is 4.56. The fourth-order valence-corrected chi connectivity index (χ4v) is 2.28. The van der Waals surface area contributed by atoms with Gasteiger partial charge in [-0.15, -0.1) is 0 Å². The molecule has 0 spiro atoms. The smallest absolute Gasteiger partial charge is 0.128 e. The number of hydrogen-bond acceptors (Lipinski definition) is 3. The number of halogens is 1. The third kappa shape index (κ3) is 2.90. The zero-order valence-electron chi connectivity index (χ0n) is 11.2. The van der Waals surface area contributed by atoms with Crippen molar-refractivity contribution in [2.75, 3.05) is 12.8 Å². The summed E-state index contributed by atoms with van der Waals surface area (Å²) in [5.41, 5.74) is 8.61. The Hall–Kier alpha value is -1.94. The van der Waals surface area contributed by atoms with Crippen LogP contribution < -0.4 is 11.1 Å². The van der Waals surface area contributed by atoms with Crippen molar-refractivity contribution in [3.63, 3.8) is 0 Å². The summed E-state index contributed by atoms with van der Waals surface area (Å²) in [5, 5.41) is 3.19. The minimum absolute atomic E-state index is 0.0504. The zero-order valence-corrected chi connectivity index (χ0v) is 11.2. The first-order chi connectivity index (χ1) is 9.13. The van der Waals surface area contributed by atoms with Crippen LogP contribution in [0.15, 0.2) is 36.5 Å². The van der Waals surface area contributed by atoms with Gasteiger partial charge in [-0.3, -0.25) is 0 Å². The number of aryl methyl sites for hydroxylation is 1. The van der Waals surface area contributed by atoms with Gasteiger partial charge in [-0.2, -0.15) is 0 Å². The Morgan fingerprint density at radius 1 is 1.32 bits per heavy atom. The first-order valence-electron chi connectivity index (χ1n) is 6.25. The average Bonchev–Trinajstić information content (AvgIpc) is 2.39. The third-order valence-electron chi connectivity index (χ3n) is 3.32. The SMILES string of the molecule is CNC(Cc1ccccc1F)c1c(C)ccnc1N. The number of nitrogen functional groups attached to an aromatic ring is 1. The third-order valence-corrected chi connectivity index (χ3v) is 3.32. The summed E-state index contributed by atoms with van der Waals surface area (Å²) >= 11 is 0. The van der Waals surface area contributed by atoms with Crippen molar-refractivity contribution in [3.8, 4) is 0 Å². The van der Waals surface area contributed by atoms with Gasteiger partial charge in [0.2, 0.25) is 0 Å². The molecule has 1 aromatic carbocycles. The van der Waals surface area contributed by atoms with E-state index in [9.17, 15) is 4.39 Å². The van der Waals surface area contributed by atoms with Crippen molar-refractivity contribution in [2.24, 2.45) is 0 Å². The minimum atomic E-state index is -0.192. The van der Waals surface area contributed by atoms with Gasteiger partial charge < -0.3 is 11.1 Å². The van der Waals surface area contributed by atoms with Crippen LogP contribution in [0.5, 0.6) is 0 Å². The van der Waals surface area contributed by atoms with Gasteiger partial charge in [0.25, 0.3) is 0 Å². The number of aromatic nitrogens is 1. The quantitative estimate of drug-likeness (QED) is 0.887. The number of nitrogens with two attached hydrogens (primary N) is 1. The van der Waals surface area contributed by atoms with Crippen LogP contribution in [0.4, 0.5) is 10.2 Å². The molecule has 0 fully saturated rings. The zero-order chi connectivity index (χ0) is 13.8. The number of hydrogen-bond donors (Lipinski definition) is 2. The average molecular weight is 259 g/mol. The molecule has 100 valence electrons. The van der Waals surface area contributed by atoms with Crippen molar-refractivity contribution < 1.29 is 4.39 Å². The second-order valence-corrected chi connectivity index (χ2v) is 4.56. The van der Waals surface area contributed by atoms with E-state index in [2.05, 4.69) is 10.3 Å². The van der Waals surface area contributed by atoms with Crippen LogP contribution in [0.3, 0.4) is 0 Å². The molecule has 3 N–H and O–H groups in total. The molecular weight excluding hydrogens is 241 g/mol. The lowest BCUT2D eigenvalue weighted by atomic mass is 9.96. The Labute approximate surface area is 112 Å². The summed E-state index contributed by atoms with van der Waals surface area (Å²) < 4.78 is 13.7. The highest BCUT2D eigenvalue weighted by Gasteiger charge is 2.17. The predicted octanol–water partition coefficient (Wildman–Crippen LogP) is 2.61. The van der Waals surface area contributed by atoms with E-state index >= 15 is 0 Å². The molecule has 1 unspecified atom stereocenters. The molecule has 0 radical (unpaired) electrons. The van der Waals surface area contributed by atoms with E-state index in [0.717, 1.165) is 11.1 Å². The predicted molar refractivity (Wildman–Crippen MR) is 75.3 cm³/mol. The molecule has 4 heteroatoms. The number of nitrogens with zero attached hydrogens (tertiary/aromatic N) is 1. The Morgan fingerprint density at radius 3 is 2.68 bits per heavy atom. The molecular formula is C15H18FN3. The number of benzene rings is 1. The Balaban J connectivity index is 2.34. The highest BCUT2D eigenvalue weighted by atomic mass is 19.1. The fourth-order valence-electron chi connectivity index (χ4n) is 2.28. The summed E-state index contributed by atoms with van der Waals surface area (Å²) in [4.78, 5) is 4.12. The van der Waals surface area contributed by atoms with Gasteiger partial charge in [0.05, 0.1) is 0 Å². The molecule has 2 rings (SSSR count). The fraction of sp³-hybridized carbons (Fsp3) is 0.267. The molecule has 0 bridgehead atoms. The van der Waals surface area contributed by atoms with E-state index < -0.39 is 0 Å². The lowest BCUT2D eigenvalue weighted by Crippen LogP contribution is -2.22. The molecule has 0 amide bonds. The molecule has 1 heterocycles. The summed E-state index contributed by atoms with van der Waals surface area (Å²) in [6.07, 6.45) is 2.23. The van der Waals surface area contributed by atoms with E-state index in [0.29, 0.717) is 17.8 Å². The molecule has 0 aliphatic heterocycles. The lowest BCUT2D eigenvalue weighted by molar-refractivity contribution is 0.553.